The molecule has 5 nitrogen and oxygen atoms in total. The van der Waals surface area contributed by atoms with Gasteiger partial charge < -0.3 is 10.2 Å². The van der Waals surface area contributed by atoms with Gasteiger partial charge in [0.1, 0.15) is 5.82 Å². The molecule has 0 unspecified atom stereocenters. The maximum atomic E-state index is 12.0. The van der Waals surface area contributed by atoms with Crippen LogP contribution in [0.3, 0.4) is 0 Å². The van der Waals surface area contributed by atoms with Crippen molar-refractivity contribution in [3.05, 3.63) is 17.8 Å². The first-order valence-corrected chi connectivity index (χ1v) is 5.62. The highest BCUT2D eigenvalue weighted by Crippen LogP contribution is 2.12. The number of amides is 1. The van der Waals surface area contributed by atoms with E-state index in [9.17, 15) is 4.79 Å². The molecule has 1 saturated heterocycles. The van der Waals surface area contributed by atoms with Gasteiger partial charge in [0.2, 0.25) is 0 Å². The summed E-state index contributed by atoms with van der Waals surface area (Å²) >= 11 is 0. The summed E-state index contributed by atoms with van der Waals surface area (Å²) in [7, 11) is 1.77. The molecule has 5 heteroatoms. The molecule has 1 aromatic heterocycles. The predicted molar refractivity (Wildman–Crippen MR) is 61.3 cm³/mol. The zero-order chi connectivity index (χ0) is 11.4. The zero-order valence-electron chi connectivity index (χ0n) is 9.44. The van der Waals surface area contributed by atoms with Crippen molar-refractivity contribution < 1.29 is 4.79 Å². The fraction of sp³-hybridized carbons (Fsp3) is 0.545. The second-order valence-electron chi connectivity index (χ2n) is 3.91. The lowest BCUT2D eigenvalue weighted by Gasteiger charge is -2.26. The molecule has 0 saturated carbocycles. The molecule has 1 aliphatic rings. The number of anilines is 1. The summed E-state index contributed by atoms with van der Waals surface area (Å²) in [6.45, 7) is 1.68. The van der Waals surface area contributed by atoms with Crippen molar-refractivity contribution in [1.29, 1.82) is 0 Å². The largest absolute Gasteiger partial charge is 0.372 e. The van der Waals surface area contributed by atoms with Gasteiger partial charge in [0, 0.05) is 20.1 Å². The number of rotatable bonds is 2. The Morgan fingerprint density at radius 2 is 2.00 bits per heavy atom. The van der Waals surface area contributed by atoms with Crippen molar-refractivity contribution in [3.8, 4) is 0 Å². The Bertz CT molecular complexity index is 357. The highest BCUT2D eigenvalue weighted by molar-refractivity contribution is 5.92. The number of carbonyl (C=O) groups excluding carboxylic acids is 1. The minimum atomic E-state index is -0.00477. The van der Waals surface area contributed by atoms with Crippen LogP contribution in [0.2, 0.25) is 0 Å². The molecular formula is C11H16N4O. The van der Waals surface area contributed by atoms with Gasteiger partial charge >= 0.3 is 0 Å². The molecule has 1 fully saturated rings. The van der Waals surface area contributed by atoms with Gasteiger partial charge in [-0.1, -0.05) is 0 Å². The van der Waals surface area contributed by atoms with Gasteiger partial charge in [0.15, 0.2) is 5.69 Å². The van der Waals surface area contributed by atoms with Crippen LogP contribution in [0.1, 0.15) is 29.8 Å². The number of hydrogen-bond acceptors (Lipinski definition) is 4. The Kier molecular flexibility index (Phi) is 3.34. The average Bonchev–Trinajstić information content (AvgIpc) is 2.39. The third-order valence-corrected chi connectivity index (χ3v) is 2.78. The van der Waals surface area contributed by atoms with Crippen LogP contribution in [0.15, 0.2) is 12.1 Å². The molecule has 0 radical (unpaired) electrons. The van der Waals surface area contributed by atoms with Gasteiger partial charge in [0.05, 0.1) is 0 Å². The molecule has 2 rings (SSSR count). The molecule has 0 bridgehead atoms. The van der Waals surface area contributed by atoms with Gasteiger partial charge in [-0.3, -0.25) is 4.79 Å². The molecule has 1 aliphatic heterocycles. The molecule has 86 valence electrons. The molecule has 0 aromatic carbocycles. The first kappa shape index (κ1) is 10.9. The molecule has 1 N–H and O–H groups in total. The Balaban J connectivity index is 2.07. The SMILES string of the molecule is CNc1ccc(C(=O)N2CCCCC2)nn1. The number of nitrogens with zero attached hydrogens (tertiary/aromatic N) is 3. The monoisotopic (exact) mass is 220 g/mol. The molecule has 0 atom stereocenters. The number of aromatic nitrogens is 2. The van der Waals surface area contributed by atoms with Crippen LogP contribution in [0.25, 0.3) is 0 Å². The Hall–Kier alpha value is -1.65. The van der Waals surface area contributed by atoms with E-state index in [0.29, 0.717) is 11.5 Å². The Morgan fingerprint density at radius 1 is 1.25 bits per heavy atom. The quantitative estimate of drug-likeness (QED) is 0.812. The van der Waals surface area contributed by atoms with E-state index < -0.39 is 0 Å². The summed E-state index contributed by atoms with van der Waals surface area (Å²) < 4.78 is 0. The minimum absolute atomic E-state index is 0.00477. The molecule has 1 amide bonds. The molecule has 0 aliphatic carbocycles. The van der Waals surface area contributed by atoms with E-state index in [0.717, 1.165) is 25.9 Å². The second-order valence-corrected chi connectivity index (χ2v) is 3.91. The van der Waals surface area contributed by atoms with Crippen molar-refractivity contribution in [3.63, 3.8) is 0 Å². The summed E-state index contributed by atoms with van der Waals surface area (Å²) in [6, 6.07) is 3.49. The van der Waals surface area contributed by atoms with Gasteiger partial charge in [-0.2, -0.15) is 0 Å². The lowest BCUT2D eigenvalue weighted by Crippen LogP contribution is -2.36. The van der Waals surface area contributed by atoms with Crippen molar-refractivity contribution in [2.45, 2.75) is 19.3 Å². The fourth-order valence-corrected chi connectivity index (χ4v) is 1.84. The number of piperidine rings is 1. The summed E-state index contributed by atoms with van der Waals surface area (Å²) in [5, 5.41) is 10.7. The summed E-state index contributed by atoms with van der Waals surface area (Å²) in [4.78, 5) is 13.9. The maximum absolute atomic E-state index is 12.0. The average molecular weight is 220 g/mol. The molecule has 2 heterocycles. The fourth-order valence-electron chi connectivity index (χ4n) is 1.84. The highest BCUT2D eigenvalue weighted by Gasteiger charge is 2.19. The predicted octanol–water partition coefficient (Wildman–Crippen LogP) is 1.14. The topological polar surface area (TPSA) is 58.1 Å². The Morgan fingerprint density at radius 3 is 2.56 bits per heavy atom. The number of nitrogens with one attached hydrogen (secondary N) is 1. The lowest BCUT2D eigenvalue weighted by atomic mass is 10.1. The van der Waals surface area contributed by atoms with Crippen LogP contribution in [0, 0.1) is 0 Å². The smallest absolute Gasteiger partial charge is 0.274 e. The molecule has 16 heavy (non-hydrogen) atoms. The van der Waals surface area contributed by atoms with E-state index in [2.05, 4.69) is 15.5 Å². The summed E-state index contributed by atoms with van der Waals surface area (Å²) in [6.07, 6.45) is 3.40. The van der Waals surface area contributed by atoms with E-state index in [1.54, 1.807) is 19.2 Å². The van der Waals surface area contributed by atoms with Crippen LogP contribution in [-0.2, 0) is 0 Å². The van der Waals surface area contributed by atoms with Crippen LogP contribution < -0.4 is 5.32 Å². The van der Waals surface area contributed by atoms with Crippen molar-refractivity contribution >= 4 is 11.7 Å². The van der Waals surface area contributed by atoms with Crippen LogP contribution in [0.4, 0.5) is 5.82 Å². The van der Waals surface area contributed by atoms with Crippen LogP contribution >= 0.6 is 0 Å². The van der Waals surface area contributed by atoms with Crippen LogP contribution in [-0.4, -0.2) is 41.1 Å². The van der Waals surface area contributed by atoms with E-state index in [4.69, 9.17) is 0 Å². The number of carbonyl (C=O) groups is 1. The number of likely N-dealkylation sites (tertiary alicyclic amines) is 1. The number of hydrogen-bond donors (Lipinski definition) is 1. The van der Waals surface area contributed by atoms with Gasteiger partial charge in [0.25, 0.3) is 5.91 Å². The van der Waals surface area contributed by atoms with Gasteiger partial charge in [-0.05, 0) is 31.4 Å². The summed E-state index contributed by atoms with van der Waals surface area (Å²) in [5.41, 5.74) is 0.431. The highest BCUT2D eigenvalue weighted by atomic mass is 16.2. The molecular weight excluding hydrogens is 204 g/mol. The van der Waals surface area contributed by atoms with Crippen molar-refractivity contribution in [2.24, 2.45) is 0 Å². The van der Waals surface area contributed by atoms with Crippen LogP contribution in [0.5, 0.6) is 0 Å². The second kappa shape index (κ2) is 4.92. The Labute approximate surface area is 94.9 Å². The first-order valence-electron chi connectivity index (χ1n) is 5.62. The minimum Gasteiger partial charge on any atom is -0.372 e. The lowest BCUT2D eigenvalue weighted by molar-refractivity contribution is 0.0717. The van der Waals surface area contributed by atoms with Gasteiger partial charge in [-0.25, -0.2) is 0 Å². The third kappa shape index (κ3) is 2.29. The molecule has 1 aromatic rings. The maximum Gasteiger partial charge on any atom is 0.274 e. The van der Waals surface area contributed by atoms with E-state index in [1.807, 2.05) is 4.90 Å². The van der Waals surface area contributed by atoms with Crippen molar-refractivity contribution in [1.82, 2.24) is 15.1 Å². The van der Waals surface area contributed by atoms with E-state index in [1.165, 1.54) is 6.42 Å². The van der Waals surface area contributed by atoms with Crippen molar-refractivity contribution in [2.75, 3.05) is 25.5 Å². The standard InChI is InChI=1S/C11H16N4O/c1-12-10-6-5-9(13-14-10)11(16)15-7-3-2-4-8-15/h5-6H,2-4,7-8H2,1H3,(H,12,14). The normalized spacial score (nSPS) is 15.9. The third-order valence-electron chi connectivity index (χ3n) is 2.78. The first-order chi connectivity index (χ1) is 7.81. The van der Waals surface area contributed by atoms with E-state index in [-0.39, 0.29) is 5.91 Å². The van der Waals surface area contributed by atoms with E-state index >= 15 is 0 Å². The molecule has 0 spiro atoms. The zero-order valence-corrected chi connectivity index (χ0v) is 9.44. The summed E-state index contributed by atoms with van der Waals surface area (Å²) in [5.74, 6) is 0.671. The van der Waals surface area contributed by atoms with Gasteiger partial charge in [-0.15, -0.1) is 10.2 Å².